The van der Waals surface area contributed by atoms with Gasteiger partial charge in [-0.1, -0.05) is 36.4 Å². The zero-order chi connectivity index (χ0) is 14.4. The van der Waals surface area contributed by atoms with Gasteiger partial charge in [0.15, 0.2) is 0 Å². The molecule has 0 bridgehead atoms. The molecule has 0 spiro atoms. The summed E-state index contributed by atoms with van der Waals surface area (Å²) in [7, 11) is 1.55. The van der Waals surface area contributed by atoms with Crippen molar-refractivity contribution in [1.82, 2.24) is 5.32 Å². The van der Waals surface area contributed by atoms with Crippen LogP contribution in [0.25, 0.3) is 0 Å². The summed E-state index contributed by atoms with van der Waals surface area (Å²) in [4.78, 5) is 11.9. The highest BCUT2D eigenvalue weighted by Gasteiger charge is 2.14. The van der Waals surface area contributed by atoms with Gasteiger partial charge in [-0.15, -0.1) is 0 Å². The summed E-state index contributed by atoms with van der Waals surface area (Å²) in [5.41, 5.74) is 1.23. The number of carbonyl (C=O) groups excluding carboxylic acids is 1. The van der Waals surface area contributed by atoms with E-state index in [0.29, 0.717) is 16.9 Å². The first kappa shape index (κ1) is 14.1. The average molecular weight is 271 g/mol. The third-order valence-corrected chi connectivity index (χ3v) is 2.99. The molecule has 4 heteroatoms. The van der Waals surface area contributed by atoms with Crippen molar-refractivity contribution in [3.63, 3.8) is 0 Å². The van der Waals surface area contributed by atoms with Crippen LogP contribution in [-0.4, -0.2) is 24.7 Å². The summed E-state index contributed by atoms with van der Waals surface area (Å²) in [5, 5.41) is 12.8. The fourth-order valence-corrected chi connectivity index (χ4v) is 1.93. The highest BCUT2D eigenvalue weighted by atomic mass is 16.5. The van der Waals surface area contributed by atoms with Gasteiger partial charge in [-0.3, -0.25) is 4.79 Å². The maximum Gasteiger partial charge on any atom is 0.251 e. The fraction of sp³-hybridized carbons (Fsp3) is 0.188. The van der Waals surface area contributed by atoms with E-state index in [1.807, 2.05) is 18.2 Å². The van der Waals surface area contributed by atoms with Gasteiger partial charge in [0, 0.05) is 17.7 Å². The topological polar surface area (TPSA) is 58.6 Å². The first-order valence-corrected chi connectivity index (χ1v) is 6.36. The molecule has 1 amide bonds. The lowest BCUT2D eigenvalue weighted by molar-refractivity contribution is 0.0914. The van der Waals surface area contributed by atoms with Crippen LogP contribution in [0.4, 0.5) is 0 Å². The third kappa shape index (κ3) is 3.36. The SMILES string of the molecule is COc1ccccc1C(O)CNC(=O)c1ccccc1. The number of nitrogens with one attached hydrogen (secondary N) is 1. The van der Waals surface area contributed by atoms with Gasteiger partial charge in [0.1, 0.15) is 5.75 Å². The van der Waals surface area contributed by atoms with Gasteiger partial charge < -0.3 is 15.2 Å². The first-order chi connectivity index (χ1) is 9.72. The number of aliphatic hydroxyl groups is 1. The number of aliphatic hydroxyl groups excluding tert-OH is 1. The number of para-hydroxylation sites is 1. The lowest BCUT2D eigenvalue weighted by atomic mass is 10.1. The second kappa shape index (κ2) is 6.73. The Morgan fingerprint density at radius 3 is 2.50 bits per heavy atom. The summed E-state index contributed by atoms with van der Waals surface area (Å²) in [6.07, 6.45) is -0.807. The van der Waals surface area contributed by atoms with Gasteiger partial charge in [-0.2, -0.15) is 0 Å². The van der Waals surface area contributed by atoms with Crippen LogP contribution < -0.4 is 10.1 Å². The standard InChI is InChI=1S/C16H17NO3/c1-20-15-10-6-5-9-13(15)14(18)11-17-16(19)12-7-3-2-4-8-12/h2-10,14,18H,11H2,1H3,(H,17,19). The van der Waals surface area contributed by atoms with E-state index in [9.17, 15) is 9.90 Å². The zero-order valence-corrected chi connectivity index (χ0v) is 11.2. The van der Waals surface area contributed by atoms with Crippen LogP contribution >= 0.6 is 0 Å². The van der Waals surface area contributed by atoms with Gasteiger partial charge >= 0.3 is 0 Å². The van der Waals surface area contributed by atoms with E-state index in [0.717, 1.165) is 0 Å². The Morgan fingerprint density at radius 1 is 1.15 bits per heavy atom. The highest BCUT2D eigenvalue weighted by molar-refractivity contribution is 5.94. The molecule has 2 N–H and O–H groups in total. The maximum absolute atomic E-state index is 11.9. The van der Waals surface area contributed by atoms with E-state index in [1.165, 1.54) is 0 Å². The Hall–Kier alpha value is -2.33. The summed E-state index contributed by atoms with van der Waals surface area (Å²) in [5.74, 6) is 0.397. The molecule has 0 aliphatic heterocycles. The molecule has 20 heavy (non-hydrogen) atoms. The van der Waals surface area contributed by atoms with Gasteiger partial charge in [-0.25, -0.2) is 0 Å². The minimum atomic E-state index is -0.807. The van der Waals surface area contributed by atoms with Crippen LogP contribution in [0.3, 0.4) is 0 Å². The molecule has 0 aromatic heterocycles. The van der Waals surface area contributed by atoms with E-state index < -0.39 is 6.10 Å². The third-order valence-electron chi connectivity index (χ3n) is 2.99. The van der Waals surface area contributed by atoms with Crippen molar-refractivity contribution in [1.29, 1.82) is 0 Å². The van der Waals surface area contributed by atoms with E-state index in [2.05, 4.69) is 5.32 Å². The van der Waals surface area contributed by atoms with Gasteiger partial charge in [0.25, 0.3) is 5.91 Å². The number of benzene rings is 2. The Kier molecular flexibility index (Phi) is 4.74. The molecule has 0 fully saturated rings. The summed E-state index contributed by atoms with van der Waals surface area (Å²) < 4.78 is 5.19. The summed E-state index contributed by atoms with van der Waals surface area (Å²) in [6.45, 7) is 0.133. The van der Waals surface area contributed by atoms with Gasteiger partial charge in [0.2, 0.25) is 0 Å². The molecule has 0 aliphatic carbocycles. The molecule has 4 nitrogen and oxygen atoms in total. The monoisotopic (exact) mass is 271 g/mol. The van der Waals surface area contributed by atoms with Crippen LogP contribution in [0.15, 0.2) is 54.6 Å². The summed E-state index contributed by atoms with van der Waals surface area (Å²) >= 11 is 0. The van der Waals surface area contributed by atoms with Crippen LogP contribution in [0.2, 0.25) is 0 Å². The van der Waals surface area contributed by atoms with Crippen LogP contribution in [0.5, 0.6) is 5.75 Å². The second-order valence-corrected chi connectivity index (χ2v) is 4.33. The molecule has 1 atom stereocenters. The molecule has 2 aromatic carbocycles. The summed E-state index contributed by atoms with van der Waals surface area (Å²) in [6, 6.07) is 16.1. The fourth-order valence-electron chi connectivity index (χ4n) is 1.93. The quantitative estimate of drug-likeness (QED) is 0.876. The van der Waals surface area contributed by atoms with Crippen molar-refractivity contribution in [3.05, 3.63) is 65.7 Å². The molecule has 0 saturated carbocycles. The largest absolute Gasteiger partial charge is 0.496 e. The normalized spacial score (nSPS) is 11.7. The zero-order valence-electron chi connectivity index (χ0n) is 11.2. The Morgan fingerprint density at radius 2 is 1.80 bits per heavy atom. The minimum absolute atomic E-state index is 0.133. The lowest BCUT2D eigenvalue weighted by Crippen LogP contribution is -2.28. The number of carbonyl (C=O) groups is 1. The molecule has 0 heterocycles. The number of hydrogen-bond acceptors (Lipinski definition) is 3. The number of amides is 1. The van der Waals surface area contributed by atoms with Crippen LogP contribution in [0, 0.1) is 0 Å². The highest BCUT2D eigenvalue weighted by Crippen LogP contribution is 2.24. The second-order valence-electron chi connectivity index (χ2n) is 4.33. The molecule has 0 aliphatic rings. The molecule has 0 saturated heterocycles. The van der Waals surface area contributed by atoms with Crippen molar-refractivity contribution < 1.29 is 14.6 Å². The minimum Gasteiger partial charge on any atom is -0.496 e. The van der Waals surface area contributed by atoms with E-state index in [-0.39, 0.29) is 12.5 Å². The van der Waals surface area contributed by atoms with Gasteiger partial charge in [-0.05, 0) is 18.2 Å². The Bertz CT molecular complexity index is 569. The lowest BCUT2D eigenvalue weighted by Gasteiger charge is -2.15. The molecule has 1 unspecified atom stereocenters. The van der Waals surface area contributed by atoms with Crippen LogP contribution in [-0.2, 0) is 0 Å². The predicted molar refractivity (Wildman–Crippen MR) is 76.7 cm³/mol. The van der Waals surface area contributed by atoms with Crippen molar-refractivity contribution >= 4 is 5.91 Å². The van der Waals surface area contributed by atoms with E-state index in [4.69, 9.17) is 4.74 Å². The molecular formula is C16H17NO3. The Balaban J connectivity index is 1.99. The maximum atomic E-state index is 11.9. The average Bonchev–Trinajstić information content (AvgIpc) is 2.53. The van der Waals surface area contributed by atoms with Crippen molar-refractivity contribution in [2.75, 3.05) is 13.7 Å². The van der Waals surface area contributed by atoms with Gasteiger partial charge in [0.05, 0.1) is 13.2 Å². The molecule has 0 radical (unpaired) electrons. The molecule has 104 valence electrons. The van der Waals surface area contributed by atoms with E-state index >= 15 is 0 Å². The van der Waals surface area contributed by atoms with E-state index in [1.54, 1.807) is 43.5 Å². The van der Waals surface area contributed by atoms with Crippen molar-refractivity contribution in [2.24, 2.45) is 0 Å². The number of ether oxygens (including phenoxy) is 1. The number of methoxy groups -OCH3 is 1. The number of rotatable bonds is 5. The van der Waals surface area contributed by atoms with Crippen molar-refractivity contribution in [3.8, 4) is 5.75 Å². The smallest absolute Gasteiger partial charge is 0.251 e. The Labute approximate surface area is 118 Å². The predicted octanol–water partition coefficient (Wildman–Crippen LogP) is 2.16. The molecular weight excluding hydrogens is 254 g/mol. The first-order valence-electron chi connectivity index (χ1n) is 6.36. The molecule has 2 aromatic rings. The van der Waals surface area contributed by atoms with Crippen molar-refractivity contribution in [2.45, 2.75) is 6.10 Å². The van der Waals surface area contributed by atoms with Crippen LogP contribution in [0.1, 0.15) is 22.0 Å². The molecule has 2 rings (SSSR count). The number of hydrogen-bond donors (Lipinski definition) is 2.